The Labute approximate surface area is 106 Å². The van der Waals surface area contributed by atoms with Gasteiger partial charge in [0.2, 0.25) is 0 Å². The molecule has 0 saturated heterocycles. The van der Waals surface area contributed by atoms with Crippen LogP contribution in [0.3, 0.4) is 0 Å². The zero-order chi connectivity index (χ0) is 13.4. The van der Waals surface area contributed by atoms with Crippen molar-refractivity contribution in [2.75, 3.05) is 13.6 Å². The van der Waals surface area contributed by atoms with Crippen molar-refractivity contribution in [3.8, 4) is 0 Å². The fourth-order valence-electron chi connectivity index (χ4n) is 1.41. The topological polar surface area (TPSA) is 71.3 Å². The first-order valence-corrected chi connectivity index (χ1v) is 5.43. The monoisotopic (exact) mass is 248 g/mol. The molecule has 0 atom stereocenters. The molecule has 0 aromatic carbocycles. The van der Waals surface area contributed by atoms with Gasteiger partial charge in [-0.1, -0.05) is 12.1 Å². The number of nitrogens with zero attached hydrogens (tertiary/aromatic N) is 3. The molecule has 1 heterocycles. The summed E-state index contributed by atoms with van der Waals surface area (Å²) >= 11 is 0. The molecule has 96 valence electrons. The molecule has 0 unspecified atom stereocenters. The van der Waals surface area contributed by atoms with Crippen LogP contribution in [0.2, 0.25) is 0 Å². The van der Waals surface area contributed by atoms with Gasteiger partial charge in [-0.05, 0) is 11.6 Å². The van der Waals surface area contributed by atoms with Crippen LogP contribution in [0, 0.1) is 10.1 Å². The van der Waals surface area contributed by atoms with Gasteiger partial charge >= 0.3 is 0 Å². The fraction of sp³-hybridized carbons (Fsp3) is 0.250. The third-order valence-electron chi connectivity index (χ3n) is 2.21. The van der Waals surface area contributed by atoms with Crippen LogP contribution < -0.4 is 5.32 Å². The lowest BCUT2D eigenvalue weighted by atomic mass is 10.3. The van der Waals surface area contributed by atoms with Gasteiger partial charge in [0.25, 0.3) is 6.20 Å². The highest BCUT2D eigenvalue weighted by Crippen LogP contribution is 2.05. The standard InChI is InChI=1S/C12H16N4O2/c1-3-6-14-12(10-16(17)18)15(2)9-11-5-4-7-13-8-11/h3-5,7-8,10,14H,1,6,9H2,2H3. The van der Waals surface area contributed by atoms with E-state index in [1.807, 2.05) is 12.1 Å². The Morgan fingerprint density at radius 3 is 3.06 bits per heavy atom. The van der Waals surface area contributed by atoms with Crippen molar-refractivity contribution in [3.05, 3.63) is 64.9 Å². The lowest BCUT2D eigenvalue weighted by molar-refractivity contribution is -0.404. The van der Waals surface area contributed by atoms with E-state index in [-0.39, 0.29) is 0 Å². The summed E-state index contributed by atoms with van der Waals surface area (Å²) in [6.07, 6.45) is 6.01. The predicted molar refractivity (Wildman–Crippen MR) is 69.0 cm³/mol. The molecule has 1 rings (SSSR count). The Bertz CT molecular complexity index is 431. The third-order valence-corrected chi connectivity index (χ3v) is 2.21. The van der Waals surface area contributed by atoms with Crippen LogP contribution in [-0.4, -0.2) is 28.4 Å². The van der Waals surface area contributed by atoms with Crippen LogP contribution in [0.5, 0.6) is 0 Å². The first-order valence-electron chi connectivity index (χ1n) is 5.43. The second-order valence-electron chi connectivity index (χ2n) is 3.69. The van der Waals surface area contributed by atoms with E-state index in [4.69, 9.17) is 0 Å². The van der Waals surface area contributed by atoms with E-state index >= 15 is 0 Å². The van der Waals surface area contributed by atoms with Gasteiger partial charge in [0.1, 0.15) is 0 Å². The summed E-state index contributed by atoms with van der Waals surface area (Å²) in [5, 5.41) is 13.5. The molecule has 1 aromatic rings. The lowest BCUT2D eigenvalue weighted by Crippen LogP contribution is -2.29. The summed E-state index contributed by atoms with van der Waals surface area (Å²) in [6, 6.07) is 3.75. The molecule has 0 bridgehead atoms. The number of nitro groups is 1. The summed E-state index contributed by atoms with van der Waals surface area (Å²) in [4.78, 5) is 15.8. The van der Waals surface area contributed by atoms with Crippen molar-refractivity contribution in [2.24, 2.45) is 0 Å². The lowest BCUT2D eigenvalue weighted by Gasteiger charge is -2.21. The largest absolute Gasteiger partial charge is 0.363 e. The second-order valence-corrected chi connectivity index (χ2v) is 3.69. The van der Waals surface area contributed by atoms with E-state index in [1.165, 1.54) is 0 Å². The van der Waals surface area contributed by atoms with Gasteiger partial charge in [0.15, 0.2) is 5.82 Å². The summed E-state index contributed by atoms with van der Waals surface area (Å²) in [5.74, 6) is 0.434. The summed E-state index contributed by atoms with van der Waals surface area (Å²) in [5.41, 5.74) is 0.981. The molecular formula is C12H16N4O2. The molecule has 0 aliphatic rings. The molecule has 6 nitrogen and oxygen atoms in total. The molecule has 18 heavy (non-hydrogen) atoms. The molecule has 0 spiro atoms. The Morgan fingerprint density at radius 2 is 2.50 bits per heavy atom. The van der Waals surface area contributed by atoms with E-state index in [9.17, 15) is 10.1 Å². The van der Waals surface area contributed by atoms with E-state index in [0.29, 0.717) is 18.9 Å². The Morgan fingerprint density at radius 1 is 1.72 bits per heavy atom. The van der Waals surface area contributed by atoms with Crippen LogP contribution in [0.15, 0.2) is 49.2 Å². The minimum atomic E-state index is -0.481. The van der Waals surface area contributed by atoms with E-state index in [2.05, 4.69) is 16.9 Å². The van der Waals surface area contributed by atoms with Crippen LogP contribution in [-0.2, 0) is 6.54 Å². The normalized spacial score (nSPS) is 10.8. The number of pyridine rings is 1. The number of hydrogen-bond donors (Lipinski definition) is 1. The third kappa shape index (κ3) is 4.65. The minimum absolute atomic E-state index is 0.434. The molecule has 0 aliphatic carbocycles. The van der Waals surface area contributed by atoms with Gasteiger partial charge in [0.05, 0.1) is 4.92 Å². The van der Waals surface area contributed by atoms with Gasteiger partial charge in [-0.2, -0.15) is 0 Å². The van der Waals surface area contributed by atoms with Crippen molar-refractivity contribution in [3.63, 3.8) is 0 Å². The summed E-state index contributed by atoms with van der Waals surface area (Å²) in [7, 11) is 1.78. The Hall–Kier alpha value is -2.37. The van der Waals surface area contributed by atoms with Gasteiger partial charge in [-0.3, -0.25) is 15.1 Å². The molecule has 0 radical (unpaired) electrons. The van der Waals surface area contributed by atoms with Crippen LogP contribution >= 0.6 is 0 Å². The molecular weight excluding hydrogens is 232 g/mol. The highest BCUT2D eigenvalue weighted by atomic mass is 16.6. The van der Waals surface area contributed by atoms with Crippen molar-refractivity contribution >= 4 is 0 Å². The van der Waals surface area contributed by atoms with Gasteiger partial charge in [0, 0.05) is 32.5 Å². The molecule has 0 aliphatic heterocycles. The Balaban J connectivity index is 2.73. The smallest absolute Gasteiger partial charge is 0.274 e. The second kappa shape index (κ2) is 7.05. The van der Waals surface area contributed by atoms with Gasteiger partial charge in [-0.15, -0.1) is 6.58 Å². The van der Waals surface area contributed by atoms with E-state index in [0.717, 1.165) is 11.8 Å². The Kier molecular flexibility index (Phi) is 5.37. The summed E-state index contributed by atoms with van der Waals surface area (Å²) < 4.78 is 0. The van der Waals surface area contributed by atoms with Gasteiger partial charge in [-0.25, -0.2) is 0 Å². The average Bonchev–Trinajstić information content (AvgIpc) is 2.35. The van der Waals surface area contributed by atoms with Crippen molar-refractivity contribution in [2.45, 2.75) is 6.54 Å². The van der Waals surface area contributed by atoms with Crippen molar-refractivity contribution in [1.29, 1.82) is 0 Å². The van der Waals surface area contributed by atoms with Crippen molar-refractivity contribution < 1.29 is 4.92 Å². The van der Waals surface area contributed by atoms with Crippen LogP contribution in [0.25, 0.3) is 0 Å². The maximum atomic E-state index is 10.6. The van der Waals surface area contributed by atoms with Crippen LogP contribution in [0.1, 0.15) is 5.56 Å². The number of nitrogens with one attached hydrogen (secondary N) is 1. The SMILES string of the molecule is C=CCNC(=C[N+](=O)[O-])N(C)Cc1cccnc1. The van der Waals surface area contributed by atoms with E-state index < -0.39 is 4.92 Å². The minimum Gasteiger partial charge on any atom is -0.363 e. The predicted octanol–water partition coefficient (Wildman–Crippen LogP) is 1.36. The highest BCUT2D eigenvalue weighted by Gasteiger charge is 2.08. The molecule has 6 heteroatoms. The summed E-state index contributed by atoms with van der Waals surface area (Å²) in [6.45, 7) is 4.58. The maximum Gasteiger partial charge on any atom is 0.274 e. The molecule has 1 N–H and O–H groups in total. The molecule has 0 amide bonds. The van der Waals surface area contributed by atoms with Crippen LogP contribution in [0.4, 0.5) is 0 Å². The zero-order valence-electron chi connectivity index (χ0n) is 10.2. The zero-order valence-corrected chi connectivity index (χ0v) is 10.2. The first kappa shape index (κ1) is 13.7. The first-order chi connectivity index (χ1) is 8.63. The van der Waals surface area contributed by atoms with Gasteiger partial charge < -0.3 is 10.2 Å². The molecule has 0 fully saturated rings. The number of aromatic nitrogens is 1. The maximum absolute atomic E-state index is 10.6. The highest BCUT2D eigenvalue weighted by molar-refractivity contribution is 5.10. The number of hydrogen-bond acceptors (Lipinski definition) is 5. The quantitative estimate of drug-likeness (QED) is 0.448. The number of rotatable bonds is 7. The average molecular weight is 248 g/mol. The molecule has 1 aromatic heterocycles. The van der Waals surface area contributed by atoms with Crippen molar-refractivity contribution in [1.82, 2.24) is 15.2 Å². The fourth-order valence-corrected chi connectivity index (χ4v) is 1.41. The molecule has 0 saturated carbocycles. The van der Waals surface area contributed by atoms with E-state index in [1.54, 1.807) is 30.4 Å².